The molecule has 7 nitrogen and oxygen atoms in total. The molecule has 4 heterocycles. The predicted molar refractivity (Wildman–Crippen MR) is 126 cm³/mol. The third kappa shape index (κ3) is 3.61. The Kier molecular flexibility index (Phi) is 4.78. The van der Waals surface area contributed by atoms with Crippen LogP contribution in [-0.4, -0.2) is 35.8 Å². The van der Waals surface area contributed by atoms with Gasteiger partial charge in [0.25, 0.3) is 0 Å². The van der Waals surface area contributed by atoms with E-state index in [1.54, 1.807) is 34.9 Å². The molecule has 0 fully saturated rings. The van der Waals surface area contributed by atoms with Crippen LogP contribution in [0.3, 0.4) is 0 Å². The summed E-state index contributed by atoms with van der Waals surface area (Å²) in [5.41, 5.74) is 4.74. The van der Waals surface area contributed by atoms with E-state index in [-0.39, 0.29) is 0 Å². The van der Waals surface area contributed by atoms with Gasteiger partial charge in [0.15, 0.2) is 0 Å². The average Bonchev–Trinajstić information content (AvgIpc) is 3.32. The van der Waals surface area contributed by atoms with Crippen LogP contribution in [0.4, 0.5) is 11.5 Å². The molecular formula is C25H22N4O3S. The number of hydrogen-bond donors (Lipinski definition) is 1. The Hall–Kier alpha value is -3.49. The second kappa shape index (κ2) is 7.83. The van der Waals surface area contributed by atoms with E-state index in [9.17, 15) is 8.42 Å². The van der Waals surface area contributed by atoms with Gasteiger partial charge in [-0.2, -0.15) is 4.31 Å². The lowest BCUT2D eigenvalue weighted by atomic mass is 10.0. The third-order valence-electron chi connectivity index (χ3n) is 6.26. The van der Waals surface area contributed by atoms with Crippen molar-refractivity contribution in [2.45, 2.75) is 24.3 Å². The van der Waals surface area contributed by atoms with Crippen molar-refractivity contribution in [2.75, 3.05) is 18.5 Å². The maximum Gasteiger partial charge on any atom is 0.243 e. The van der Waals surface area contributed by atoms with Gasteiger partial charge in [-0.25, -0.2) is 13.4 Å². The van der Waals surface area contributed by atoms with Crippen molar-refractivity contribution in [2.24, 2.45) is 0 Å². The first kappa shape index (κ1) is 20.1. The lowest BCUT2D eigenvalue weighted by Crippen LogP contribution is -2.36. The van der Waals surface area contributed by atoms with Crippen LogP contribution >= 0.6 is 0 Å². The number of rotatable bonds is 4. The Morgan fingerprint density at radius 1 is 0.970 bits per heavy atom. The van der Waals surface area contributed by atoms with Crippen molar-refractivity contribution in [1.82, 2.24) is 14.3 Å². The minimum atomic E-state index is -3.60. The molecule has 0 atom stereocenters. The molecule has 0 unspecified atom stereocenters. The highest BCUT2D eigenvalue weighted by Gasteiger charge is 2.30. The number of para-hydroxylation sites is 1. The molecule has 1 N–H and O–H groups in total. The van der Waals surface area contributed by atoms with Crippen LogP contribution in [0.25, 0.3) is 10.9 Å². The zero-order valence-corrected chi connectivity index (χ0v) is 18.7. The van der Waals surface area contributed by atoms with E-state index in [0.29, 0.717) is 31.0 Å². The van der Waals surface area contributed by atoms with Crippen molar-refractivity contribution in [3.8, 4) is 5.75 Å². The highest BCUT2D eigenvalue weighted by atomic mass is 32.2. The van der Waals surface area contributed by atoms with Gasteiger partial charge >= 0.3 is 0 Å². The molecule has 0 saturated heterocycles. The Labute approximate surface area is 192 Å². The van der Waals surface area contributed by atoms with Crippen LogP contribution in [0, 0.1) is 0 Å². The van der Waals surface area contributed by atoms with Crippen LogP contribution < -0.4 is 10.1 Å². The summed E-state index contributed by atoms with van der Waals surface area (Å²) in [6.45, 7) is 1.32. The molecule has 0 aliphatic carbocycles. The SMILES string of the molecule is O=S(=O)(c1ccc2c(c1)CCO2)N1CCc2c(ccnc2Nc2cnc3ccccc3c2)C1. The largest absolute Gasteiger partial charge is 0.493 e. The number of hydrogen-bond acceptors (Lipinski definition) is 6. The van der Waals surface area contributed by atoms with Crippen molar-refractivity contribution in [3.63, 3.8) is 0 Å². The van der Waals surface area contributed by atoms with E-state index in [0.717, 1.165) is 51.3 Å². The monoisotopic (exact) mass is 458 g/mol. The van der Waals surface area contributed by atoms with Gasteiger partial charge in [0.1, 0.15) is 11.6 Å². The smallest absolute Gasteiger partial charge is 0.243 e. The number of nitrogens with zero attached hydrogens (tertiary/aromatic N) is 3. The fourth-order valence-corrected chi connectivity index (χ4v) is 6.00. The number of aromatic nitrogens is 2. The maximum atomic E-state index is 13.3. The molecule has 6 rings (SSSR count). The molecule has 33 heavy (non-hydrogen) atoms. The molecule has 2 aliphatic heterocycles. The second-order valence-electron chi connectivity index (χ2n) is 8.30. The maximum absolute atomic E-state index is 13.3. The number of benzene rings is 2. The summed E-state index contributed by atoms with van der Waals surface area (Å²) in [6, 6.07) is 17.0. The van der Waals surface area contributed by atoms with E-state index in [1.807, 2.05) is 36.4 Å². The summed E-state index contributed by atoms with van der Waals surface area (Å²) in [4.78, 5) is 9.36. The third-order valence-corrected chi connectivity index (χ3v) is 8.10. The highest BCUT2D eigenvalue weighted by molar-refractivity contribution is 7.89. The fraction of sp³-hybridized carbons (Fsp3) is 0.200. The van der Waals surface area contributed by atoms with Gasteiger partial charge in [0.2, 0.25) is 10.0 Å². The Balaban J connectivity index is 1.27. The number of pyridine rings is 2. The summed E-state index contributed by atoms with van der Waals surface area (Å²) in [5.74, 6) is 1.53. The topological polar surface area (TPSA) is 84.4 Å². The van der Waals surface area contributed by atoms with Gasteiger partial charge in [-0.1, -0.05) is 18.2 Å². The lowest BCUT2D eigenvalue weighted by Gasteiger charge is -2.29. The molecule has 4 aromatic rings. The highest BCUT2D eigenvalue weighted by Crippen LogP contribution is 2.32. The Morgan fingerprint density at radius 2 is 1.88 bits per heavy atom. The van der Waals surface area contributed by atoms with Crippen LogP contribution in [0.5, 0.6) is 5.75 Å². The van der Waals surface area contributed by atoms with Gasteiger partial charge < -0.3 is 10.1 Å². The van der Waals surface area contributed by atoms with Gasteiger partial charge in [-0.15, -0.1) is 0 Å². The van der Waals surface area contributed by atoms with Crippen molar-refractivity contribution >= 4 is 32.4 Å². The molecule has 0 radical (unpaired) electrons. The molecule has 0 bridgehead atoms. The van der Waals surface area contributed by atoms with Crippen molar-refractivity contribution < 1.29 is 13.2 Å². The molecule has 8 heteroatoms. The molecular weight excluding hydrogens is 436 g/mol. The zero-order valence-electron chi connectivity index (χ0n) is 17.9. The van der Waals surface area contributed by atoms with Crippen LogP contribution in [0.15, 0.2) is 71.9 Å². The van der Waals surface area contributed by atoms with E-state index >= 15 is 0 Å². The minimum Gasteiger partial charge on any atom is -0.493 e. The number of nitrogens with one attached hydrogen (secondary N) is 1. The molecule has 2 aromatic carbocycles. The molecule has 0 saturated carbocycles. The first-order valence-electron chi connectivity index (χ1n) is 10.9. The number of sulfonamides is 1. The van der Waals surface area contributed by atoms with E-state index in [1.165, 1.54) is 0 Å². The standard InChI is InChI=1S/C25H22N4O3S/c30-33(31,21-5-6-24-18(14-21)9-12-32-24)29-11-8-22-19(16-29)7-10-26-25(22)28-20-13-17-3-1-2-4-23(17)27-15-20/h1-7,10,13-15H,8-9,11-12,16H2,(H,26,28). The summed E-state index contributed by atoms with van der Waals surface area (Å²) in [5, 5.41) is 4.43. The first-order valence-corrected chi connectivity index (χ1v) is 12.4. The van der Waals surface area contributed by atoms with E-state index in [2.05, 4.69) is 15.3 Å². The van der Waals surface area contributed by atoms with Gasteiger partial charge in [-0.05, 0) is 53.9 Å². The predicted octanol–water partition coefficient (Wildman–Crippen LogP) is 4.06. The fourth-order valence-electron chi connectivity index (χ4n) is 4.53. The molecule has 2 aromatic heterocycles. The molecule has 2 aliphatic rings. The normalized spacial score (nSPS) is 15.6. The van der Waals surface area contributed by atoms with Gasteiger partial charge in [-0.3, -0.25) is 4.98 Å². The summed E-state index contributed by atoms with van der Waals surface area (Å²) in [6.07, 6.45) is 4.84. The van der Waals surface area contributed by atoms with Gasteiger partial charge in [0.05, 0.1) is 28.9 Å². The Morgan fingerprint density at radius 3 is 2.82 bits per heavy atom. The summed E-state index contributed by atoms with van der Waals surface area (Å²) >= 11 is 0. The zero-order chi connectivity index (χ0) is 22.4. The van der Waals surface area contributed by atoms with E-state index in [4.69, 9.17) is 4.74 Å². The van der Waals surface area contributed by atoms with E-state index < -0.39 is 10.0 Å². The number of anilines is 2. The van der Waals surface area contributed by atoms with Gasteiger partial charge in [0, 0.05) is 36.7 Å². The Bertz CT molecular complexity index is 1490. The number of fused-ring (bicyclic) bond motifs is 3. The van der Waals surface area contributed by atoms with Crippen molar-refractivity contribution in [3.05, 3.63) is 83.7 Å². The average molecular weight is 459 g/mol. The van der Waals surface area contributed by atoms with Crippen LogP contribution in [0.2, 0.25) is 0 Å². The van der Waals surface area contributed by atoms with Crippen LogP contribution in [0.1, 0.15) is 16.7 Å². The number of ether oxygens (including phenoxy) is 1. The first-order chi connectivity index (χ1) is 16.1. The quantitative estimate of drug-likeness (QED) is 0.497. The lowest BCUT2D eigenvalue weighted by molar-refractivity contribution is 0.356. The van der Waals surface area contributed by atoms with Crippen LogP contribution in [-0.2, 0) is 29.4 Å². The molecule has 166 valence electrons. The molecule has 0 spiro atoms. The minimum absolute atomic E-state index is 0.318. The van der Waals surface area contributed by atoms with Crippen molar-refractivity contribution in [1.29, 1.82) is 0 Å². The summed E-state index contributed by atoms with van der Waals surface area (Å²) < 4.78 is 33.8. The summed E-state index contributed by atoms with van der Waals surface area (Å²) in [7, 11) is -3.60. The second-order valence-corrected chi connectivity index (χ2v) is 10.2. The molecule has 0 amide bonds.